The van der Waals surface area contributed by atoms with Crippen LogP contribution in [-0.4, -0.2) is 54.3 Å². The lowest BCUT2D eigenvalue weighted by Crippen LogP contribution is -2.44. The molecule has 0 aliphatic carbocycles. The van der Waals surface area contributed by atoms with E-state index in [2.05, 4.69) is 6.07 Å². The zero-order chi connectivity index (χ0) is 21.6. The van der Waals surface area contributed by atoms with E-state index in [0.717, 1.165) is 5.56 Å². The van der Waals surface area contributed by atoms with Crippen molar-refractivity contribution in [2.24, 2.45) is 0 Å². The molecule has 2 aromatic rings. The number of hydroxylamine groups is 2. The van der Waals surface area contributed by atoms with Gasteiger partial charge in [0.15, 0.2) is 0 Å². The van der Waals surface area contributed by atoms with Gasteiger partial charge in [-0.2, -0.15) is 0 Å². The Bertz CT molecular complexity index is 928. The summed E-state index contributed by atoms with van der Waals surface area (Å²) >= 11 is 0. The first-order chi connectivity index (χ1) is 14.4. The highest BCUT2D eigenvalue weighted by molar-refractivity contribution is 7.89. The molecule has 1 aliphatic heterocycles. The van der Waals surface area contributed by atoms with Crippen LogP contribution in [0.1, 0.15) is 35.6 Å². The molecule has 162 valence electrons. The van der Waals surface area contributed by atoms with Crippen molar-refractivity contribution in [3.8, 4) is 0 Å². The van der Waals surface area contributed by atoms with Crippen LogP contribution < -0.4 is 0 Å². The molecule has 0 saturated carbocycles. The second-order valence-electron chi connectivity index (χ2n) is 7.59. The summed E-state index contributed by atoms with van der Waals surface area (Å²) in [5.74, 6) is -0.374. The zero-order valence-electron chi connectivity index (χ0n) is 17.1. The third-order valence-electron chi connectivity index (χ3n) is 5.34. The zero-order valence-corrected chi connectivity index (χ0v) is 17.9. The minimum atomic E-state index is -3.66. The largest absolute Gasteiger partial charge is 0.373 e. The van der Waals surface area contributed by atoms with Crippen LogP contribution in [-0.2, 0) is 26.2 Å². The molecule has 3 rings (SSSR count). The Morgan fingerprint density at radius 2 is 1.87 bits per heavy atom. The van der Waals surface area contributed by atoms with Gasteiger partial charge in [-0.25, -0.2) is 17.8 Å². The van der Waals surface area contributed by atoms with Gasteiger partial charge in [-0.15, -0.1) is 0 Å². The topological polar surface area (TPSA) is 87.2 Å². The first kappa shape index (κ1) is 22.4. The molecule has 1 fully saturated rings. The van der Waals surface area contributed by atoms with Gasteiger partial charge in [0.25, 0.3) is 0 Å². The van der Waals surface area contributed by atoms with Crippen molar-refractivity contribution in [1.29, 1.82) is 0 Å². The minimum absolute atomic E-state index is 0.00574. The maximum atomic E-state index is 12.9. The summed E-state index contributed by atoms with van der Waals surface area (Å²) in [4.78, 5) is 11.1. The third-order valence-corrected chi connectivity index (χ3v) is 7.23. The van der Waals surface area contributed by atoms with E-state index < -0.39 is 16.1 Å². The molecule has 1 atom stereocenters. The van der Waals surface area contributed by atoms with E-state index in [9.17, 15) is 18.4 Å². The van der Waals surface area contributed by atoms with Crippen LogP contribution in [0.25, 0.3) is 0 Å². The number of sulfonamides is 1. The van der Waals surface area contributed by atoms with Gasteiger partial charge < -0.3 is 4.74 Å². The number of nitrogens with zero attached hydrogens (tertiary/aromatic N) is 2. The molecular weight excluding hydrogens is 404 g/mol. The van der Waals surface area contributed by atoms with Crippen molar-refractivity contribution in [2.75, 3.05) is 18.8 Å². The Morgan fingerprint density at radius 3 is 2.50 bits per heavy atom. The maximum absolute atomic E-state index is 12.9. The van der Waals surface area contributed by atoms with Crippen molar-refractivity contribution < 1.29 is 23.2 Å². The molecule has 1 saturated heterocycles. The van der Waals surface area contributed by atoms with E-state index in [1.165, 1.54) is 9.87 Å². The molecule has 0 radical (unpaired) electrons. The van der Waals surface area contributed by atoms with Gasteiger partial charge in [0.1, 0.15) is 0 Å². The molecule has 1 heterocycles. The molecule has 0 aromatic heterocycles. The fraction of sp³-hybridized carbons (Fsp3) is 0.409. The number of rotatable bonds is 9. The Labute approximate surface area is 177 Å². The van der Waals surface area contributed by atoms with Gasteiger partial charge in [0.2, 0.25) is 16.4 Å². The van der Waals surface area contributed by atoms with E-state index in [1.54, 1.807) is 30.3 Å². The SMILES string of the molecule is Cc1cccc(COC2CCN(S(=O)(=O)CC(c3ccccc3)N(O)C=O)CC2)c1. The second kappa shape index (κ2) is 10.2. The molecule has 2 aromatic carbocycles. The summed E-state index contributed by atoms with van der Waals surface area (Å²) in [6, 6.07) is 15.8. The van der Waals surface area contributed by atoms with Crippen molar-refractivity contribution in [3.05, 3.63) is 71.3 Å². The highest BCUT2D eigenvalue weighted by Gasteiger charge is 2.33. The molecule has 1 unspecified atom stereocenters. The highest BCUT2D eigenvalue weighted by atomic mass is 32.2. The normalized spacial score (nSPS) is 16.9. The average molecular weight is 433 g/mol. The van der Waals surface area contributed by atoms with Crippen LogP contribution in [0.4, 0.5) is 0 Å². The smallest absolute Gasteiger partial charge is 0.233 e. The van der Waals surface area contributed by atoms with Crippen molar-refractivity contribution in [3.63, 3.8) is 0 Å². The third kappa shape index (κ3) is 5.89. The van der Waals surface area contributed by atoms with Crippen LogP contribution in [0.5, 0.6) is 0 Å². The summed E-state index contributed by atoms with van der Waals surface area (Å²) < 4.78 is 33.3. The lowest BCUT2D eigenvalue weighted by Gasteiger charge is -2.33. The number of carbonyl (C=O) groups excluding carboxylic acids is 1. The molecule has 1 N–H and O–H groups in total. The monoisotopic (exact) mass is 432 g/mol. The number of amides is 1. The predicted octanol–water partition coefficient (Wildman–Crippen LogP) is 2.89. The number of ether oxygens (including phenoxy) is 1. The molecule has 1 amide bonds. The fourth-order valence-electron chi connectivity index (χ4n) is 3.67. The lowest BCUT2D eigenvalue weighted by atomic mass is 10.1. The number of piperidine rings is 1. The molecule has 0 spiro atoms. The minimum Gasteiger partial charge on any atom is -0.373 e. The Morgan fingerprint density at radius 1 is 1.17 bits per heavy atom. The van der Waals surface area contributed by atoms with Gasteiger partial charge in [-0.05, 0) is 30.9 Å². The van der Waals surface area contributed by atoms with Crippen LogP contribution in [0.15, 0.2) is 54.6 Å². The summed E-state index contributed by atoms with van der Waals surface area (Å²) in [6.45, 7) is 3.26. The summed E-state index contributed by atoms with van der Waals surface area (Å²) in [6.07, 6.45) is 1.46. The lowest BCUT2D eigenvalue weighted by molar-refractivity contribution is -0.159. The van der Waals surface area contributed by atoms with E-state index in [-0.39, 0.29) is 18.3 Å². The van der Waals surface area contributed by atoms with Crippen molar-refractivity contribution >= 4 is 16.4 Å². The van der Waals surface area contributed by atoms with Crippen molar-refractivity contribution in [1.82, 2.24) is 9.37 Å². The molecule has 0 bridgehead atoms. The average Bonchev–Trinajstić information content (AvgIpc) is 2.76. The summed E-state index contributed by atoms with van der Waals surface area (Å²) in [5.41, 5.74) is 2.85. The Balaban J connectivity index is 1.57. The number of aryl methyl sites for hydroxylation is 1. The number of benzene rings is 2. The molecule has 7 nitrogen and oxygen atoms in total. The van der Waals surface area contributed by atoms with E-state index in [0.29, 0.717) is 43.2 Å². The standard InChI is InChI=1S/C22H28N2O5S/c1-18-6-5-7-19(14-18)15-29-21-10-12-23(13-11-21)30(27,28)16-22(24(26)17-25)20-8-3-2-4-9-20/h2-9,14,17,21-22,26H,10-13,15-16H2,1H3. The van der Waals surface area contributed by atoms with Crippen molar-refractivity contribution in [2.45, 2.75) is 38.5 Å². The molecule has 1 aliphatic rings. The number of hydrogen-bond acceptors (Lipinski definition) is 5. The number of hydrogen-bond donors (Lipinski definition) is 1. The fourth-order valence-corrected chi connectivity index (χ4v) is 5.39. The van der Waals surface area contributed by atoms with E-state index >= 15 is 0 Å². The molecular formula is C22H28N2O5S. The Kier molecular flexibility index (Phi) is 7.60. The predicted molar refractivity (Wildman–Crippen MR) is 113 cm³/mol. The van der Waals surface area contributed by atoms with Gasteiger partial charge in [-0.1, -0.05) is 60.2 Å². The quantitative estimate of drug-likeness (QED) is 0.374. The number of carbonyl (C=O) groups is 1. The summed E-state index contributed by atoms with van der Waals surface area (Å²) in [7, 11) is -3.66. The Hall–Kier alpha value is -2.26. The van der Waals surface area contributed by atoms with Gasteiger partial charge in [0.05, 0.1) is 24.5 Å². The van der Waals surface area contributed by atoms with E-state index in [4.69, 9.17) is 4.74 Å². The second-order valence-corrected chi connectivity index (χ2v) is 9.60. The van der Waals surface area contributed by atoms with Gasteiger partial charge in [0, 0.05) is 13.1 Å². The van der Waals surface area contributed by atoms with Crippen LogP contribution >= 0.6 is 0 Å². The van der Waals surface area contributed by atoms with Gasteiger partial charge in [-0.3, -0.25) is 10.0 Å². The van der Waals surface area contributed by atoms with Gasteiger partial charge >= 0.3 is 0 Å². The first-order valence-electron chi connectivity index (χ1n) is 10.0. The van der Waals surface area contributed by atoms with Crippen LogP contribution in [0, 0.1) is 6.92 Å². The van der Waals surface area contributed by atoms with Crippen LogP contribution in [0.2, 0.25) is 0 Å². The summed E-state index contributed by atoms with van der Waals surface area (Å²) in [5, 5.41) is 10.4. The first-order valence-corrected chi connectivity index (χ1v) is 11.6. The molecule has 30 heavy (non-hydrogen) atoms. The van der Waals surface area contributed by atoms with Crippen LogP contribution in [0.3, 0.4) is 0 Å². The highest BCUT2D eigenvalue weighted by Crippen LogP contribution is 2.24. The molecule has 8 heteroatoms. The maximum Gasteiger partial charge on any atom is 0.233 e. The van der Waals surface area contributed by atoms with E-state index in [1.807, 2.05) is 25.1 Å².